The molecule has 0 fully saturated rings. The zero-order valence-electron chi connectivity index (χ0n) is 10.4. The van der Waals surface area contributed by atoms with Crippen molar-refractivity contribution < 1.29 is 4.79 Å². The van der Waals surface area contributed by atoms with E-state index in [0.717, 1.165) is 11.1 Å². The maximum Gasteiger partial charge on any atom is 0.249 e. The van der Waals surface area contributed by atoms with Crippen molar-refractivity contribution in [2.45, 2.75) is 13.8 Å². The highest BCUT2D eigenvalue weighted by Crippen LogP contribution is 2.09. The van der Waals surface area contributed by atoms with Gasteiger partial charge in [0, 0.05) is 11.6 Å². The molecule has 0 unspecified atom stereocenters. The third-order valence-corrected chi connectivity index (χ3v) is 2.55. The second-order valence-corrected chi connectivity index (χ2v) is 4.16. The van der Waals surface area contributed by atoms with Crippen molar-refractivity contribution in [1.29, 1.82) is 0 Å². The molecule has 0 aliphatic heterocycles. The topological polar surface area (TPSA) is 57.8 Å². The predicted molar refractivity (Wildman–Crippen MR) is 72.2 cm³/mol. The number of benzene rings is 1. The number of H-pyrrole nitrogens is 1. The SMILES string of the molecule is Cc1cccc(/C=C/C(=O)Nc2[nH]ncc2C)c1. The fourth-order valence-corrected chi connectivity index (χ4v) is 1.58. The molecular formula is C14H15N3O. The Morgan fingerprint density at radius 3 is 2.89 bits per heavy atom. The average Bonchev–Trinajstić information content (AvgIpc) is 2.73. The van der Waals surface area contributed by atoms with Crippen molar-refractivity contribution in [3.05, 3.63) is 53.2 Å². The summed E-state index contributed by atoms with van der Waals surface area (Å²) < 4.78 is 0. The molecule has 1 heterocycles. The Bertz CT molecular complexity index is 584. The van der Waals surface area contributed by atoms with Crippen molar-refractivity contribution in [2.75, 3.05) is 5.32 Å². The number of carbonyl (C=O) groups excluding carboxylic acids is 1. The van der Waals surface area contributed by atoms with E-state index in [-0.39, 0.29) is 5.91 Å². The molecule has 0 saturated carbocycles. The molecule has 0 spiro atoms. The Hall–Kier alpha value is -2.36. The highest BCUT2D eigenvalue weighted by molar-refractivity contribution is 6.01. The zero-order chi connectivity index (χ0) is 13.0. The van der Waals surface area contributed by atoms with Crippen LogP contribution in [-0.2, 0) is 4.79 Å². The summed E-state index contributed by atoms with van der Waals surface area (Å²) in [6.45, 7) is 3.90. The number of anilines is 1. The van der Waals surface area contributed by atoms with Crippen LogP contribution in [0.5, 0.6) is 0 Å². The smallest absolute Gasteiger partial charge is 0.249 e. The Labute approximate surface area is 106 Å². The van der Waals surface area contributed by atoms with Crippen molar-refractivity contribution in [3.63, 3.8) is 0 Å². The summed E-state index contributed by atoms with van der Waals surface area (Å²) >= 11 is 0. The Balaban J connectivity index is 2.01. The Morgan fingerprint density at radius 1 is 1.39 bits per heavy atom. The van der Waals surface area contributed by atoms with Crippen molar-refractivity contribution in [2.24, 2.45) is 0 Å². The van der Waals surface area contributed by atoms with E-state index >= 15 is 0 Å². The monoisotopic (exact) mass is 241 g/mol. The fourth-order valence-electron chi connectivity index (χ4n) is 1.58. The number of nitrogens with one attached hydrogen (secondary N) is 2. The van der Waals surface area contributed by atoms with Gasteiger partial charge in [-0.2, -0.15) is 5.10 Å². The molecule has 0 bridgehead atoms. The van der Waals surface area contributed by atoms with Gasteiger partial charge in [0.25, 0.3) is 0 Å². The minimum absolute atomic E-state index is 0.177. The van der Waals surface area contributed by atoms with Gasteiger partial charge < -0.3 is 5.32 Å². The van der Waals surface area contributed by atoms with Crippen LogP contribution in [0.2, 0.25) is 0 Å². The first-order valence-electron chi connectivity index (χ1n) is 5.71. The molecule has 1 aromatic carbocycles. The number of aromatic nitrogens is 2. The maximum atomic E-state index is 11.7. The van der Waals surface area contributed by atoms with Crippen LogP contribution in [0.3, 0.4) is 0 Å². The molecule has 0 atom stereocenters. The summed E-state index contributed by atoms with van der Waals surface area (Å²) in [7, 11) is 0. The summed E-state index contributed by atoms with van der Waals surface area (Å²) in [5, 5.41) is 9.30. The summed E-state index contributed by atoms with van der Waals surface area (Å²) in [6, 6.07) is 7.96. The normalized spacial score (nSPS) is 10.8. The van der Waals surface area contributed by atoms with E-state index in [0.29, 0.717) is 5.82 Å². The van der Waals surface area contributed by atoms with E-state index in [1.165, 1.54) is 11.6 Å². The van der Waals surface area contributed by atoms with E-state index in [4.69, 9.17) is 0 Å². The highest BCUT2D eigenvalue weighted by Gasteiger charge is 2.02. The molecule has 0 saturated heterocycles. The second-order valence-electron chi connectivity index (χ2n) is 4.16. The van der Waals surface area contributed by atoms with Gasteiger partial charge in [0.2, 0.25) is 5.91 Å². The van der Waals surface area contributed by atoms with Gasteiger partial charge in [-0.05, 0) is 25.5 Å². The molecule has 0 radical (unpaired) electrons. The molecule has 4 heteroatoms. The largest absolute Gasteiger partial charge is 0.307 e. The maximum absolute atomic E-state index is 11.7. The number of amides is 1. The van der Waals surface area contributed by atoms with Crippen LogP contribution in [-0.4, -0.2) is 16.1 Å². The van der Waals surface area contributed by atoms with Crippen LogP contribution >= 0.6 is 0 Å². The van der Waals surface area contributed by atoms with Gasteiger partial charge in [-0.1, -0.05) is 29.8 Å². The lowest BCUT2D eigenvalue weighted by molar-refractivity contribution is -0.111. The first kappa shape index (κ1) is 12.1. The van der Waals surface area contributed by atoms with Crippen LogP contribution in [0.15, 0.2) is 36.5 Å². The quantitative estimate of drug-likeness (QED) is 0.812. The van der Waals surface area contributed by atoms with Crippen LogP contribution in [0, 0.1) is 13.8 Å². The lowest BCUT2D eigenvalue weighted by atomic mass is 10.1. The van der Waals surface area contributed by atoms with Gasteiger partial charge in [-0.25, -0.2) is 0 Å². The van der Waals surface area contributed by atoms with Gasteiger partial charge in [0.1, 0.15) is 5.82 Å². The lowest BCUT2D eigenvalue weighted by Gasteiger charge is -1.99. The molecule has 0 aliphatic carbocycles. The van der Waals surface area contributed by atoms with E-state index in [1.807, 2.05) is 38.1 Å². The third kappa shape index (κ3) is 3.07. The number of hydrogen-bond donors (Lipinski definition) is 2. The van der Waals surface area contributed by atoms with E-state index in [1.54, 1.807) is 12.3 Å². The van der Waals surface area contributed by atoms with Crippen LogP contribution in [0.1, 0.15) is 16.7 Å². The van der Waals surface area contributed by atoms with Gasteiger partial charge in [0.15, 0.2) is 0 Å². The highest BCUT2D eigenvalue weighted by atomic mass is 16.1. The molecule has 2 N–H and O–H groups in total. The van der Waals surface area contributed by atoms with Crippen molar-refractivity contribution in [3.8, 4) is 0 Å². The molecule has 18 heavy (non-hydrogen) atoms. The molecule has 4 nitrogen and oxygen atoms in total. The van der Waals surface area contributed by atoms with Crippen LogP contribution in [0.25, 0.3) is 6.08 Å². The number of carbonyl (C=O) groups is 1. The fraction of sp³-hybridized carbons (Fsp3) is 0.143. The number of aryl methyl sites for hydroxylation is 2. The molecule has 2 aromatic rings. The third-order valence-electron chi connectivity index (χ3n) is 2.55. The minimum Gasteiger partial charge on any atom is -0.307 e. The van der Waals surface area contributed by atoms with Crippen molar-refractivity contribution in [1.82, 2.24) is 10.2 Å². The summed E-state index contributed by atoms with van der Waals surface area (Å²) in [4.78, 5) is 11.7. The van der Waals surface area contributed by atoms with Gasteiger partial charge in [0.05, 0.1) is 6.20 Å². The number of hydrogen-bond acceptors (Lipinski definition) is 2. The number of rotatable bonds is 3. The first-order chi connectivity index (χ1) is 8.65. The van der Waals surface area contributed by atoms with Crippen LogP contribution < -0.4 is 5.32 Å². The summed E-state index contributed by atoms with van der Waals surface area (Å²) in [6.07, 6.45) is 4.96. The molecule has 1 amide bonds. The molecule has 1 aromatic heterocycles. The first-order valence-corrected chi connectivity index (χ1v) is 5.71. The molecule has 2 rings (SSSR count). The van der Waals surface area contributed by atoms with E-state index in [2.05, 4.69) is 15.5 Å². The van der Waals surface area contributed by atoms with Gasteiger partial charge >= 0.3 is 0 Å². The standard InChI is InChI=1S/C14H15N3O/c1-10-4-3-5-12(8-10)6-7-13(18)16-14-11(2)9-15-17-14/h3-9H,1-2H3,(H2,15,16,17,18)/b7-6+. The molecule has 0 aliphatic rings. The van der Waals surface area contributed by atoms with Gasteiger partial charge in [-0.3, -0.25) is 9.89 Å². The lowest BCUT2D eigenvalue weighted by Crippen LogP contribution is -2.08. The summed E-state index contributed by atoms with van der Waals surface area (Å²) in [5.41, 5.74) is 3.08. The molecular weight excluding hydrogens is 226 g/mol. The van der Waals surface area contributed by atoms with Crippen LogP contribution in [0.4, 0.5) is 5.82 Å². The molecule has 92 valence electrons. The van der Waals surface area contributed by atoms with E-state index < -0.39 is 0 Å². The minimum atomic E-state index is -0.177. The van der Waals surface area contributed by atoms with Gasteiger partial charge in [-0.15, -0.1) is 0 Å². The average molecular weight is 241 g/mol. The van der Waals surface area contributed by atoms with Crippen molar-refractivity contribution >= 4 is 17.8 Å². The Kier molecular flexibility index (Phi) is 3.57. The zero-order valence-corrected chi connectivity index (χ0v) is 10.4. The number of aromatic amines is 1. The predicted octanol–water partition coefficient (Wildman–Crippen LogP) is 2.68. The number of nitrogens with zero attached hydrogens (tertiary/aromatic N) is 1. The summed E-state index contributed by atoms with van der Waals surface area (Å²) in [5.74, 6) is 0.456. The second kappa shape index (κ2) is 5.31. The Morgan fingerprint density at radius 2 is 2.22 bits per heavy atom. The van der Waals surface area contributed by atoms with E-state index in [9.17, 15) is 4.79 Å².